The third-order valence-corrected chi connectivity index (χ3v) is 9.25. The number of phenols is 2. The Balaban J connectivity index is 2.26. The highest BCUT2D eigenvalue weighted by molar-refractivity contribution is 7.99. The highest BCUT2D eigenvalue weighted by Crippen LogP contribution is 2.44. The average Bonchev–Trinajstić information content (AvgIpc) is 2.90. The number of phenolic OH excluding ortho intramolecular Hbond substituents is 2. The van der Waals surface area contributed by atoms with E-state index >= 15 is 0 Å². The maximum atomic E-state index is 11.4. The van der Waals surface area contributed by atoms with Gasteiger partial charge in [0, 0.05) is 39.1 Å². The average molecular weight is 634 g/mol. The van der Waals surface area contributed by atoms with Gasteiger partial charge in [0.1, 0.15) is 11.5 Å². The molecule has 0 bridgehead atoms. The molecular formula is C39H59N3O2S. The predicted molar refractivity (Wildman–Crippen MR) is 193 cm³/mol. The fraction of sp³-hybridized carbons (Fsp3) is 0.615. The molecule has 0 atom stereocenters. The molecule has 0 saturated heterocycles. The molecule has 0 saturated carbocycles. The van der Waals surface area contributed by atoms with Crippen LogP contribution < -0.4 is 0 Å². The third-order valence-electron chi connectivity index (χ3n) is 8.31. The first-order chi connectivity index (χ1) is 20.6. The van der Waals surface area contributed by atoms with Gasteiger partial charge < -0.3 is 10.2 Å². The van der Waals surface area contributed by atoms with Crippen LogP contribution in [0.15, 0.2) is 29.4 Å². The van der Waals surface area contributed by atoms with Crippen molar-refractivity contribution < 1.29 is 10.2 Å². The van der Waals surface area contributed by atoms with Crippen LogP contribution in [-0.4, -0.2) is 30.9 Å². The second-order valence-electron chi connectivity index (χ2n) is 16.7. The lowest BCUT2D eigenvalue weighted by Gasteiger charge is -2.28. The second-order valence-corrected chi connectivity index (χ2v) is 17.8. The molecule has 0 radical (unpaired) electrons. The van der Waals surface area contributed by atoms with Crippen molar-refractivity contribution in [2.45, 2.75) is 155 Å². The quantitative estimate of drug-likeness (QED) is 0.171. The van der Waals surface area contributed by atoms with Gasteiger partial charge in [-0.25, -0.2) is 15.0 Å². The Hall–Kier alpha value is -2.60. The highest BCUT2D eigenvalue weighted by atomic mass is 32.2. The lowest BCUT2D eigenvalue weighted by molar-refractivity contribution is 0.422. The van der Waals surface area contributed by atoms with Crippen LogP contribution in [0.3, 0.4) is 0 Å². The molecule has 3 rings (SSSR count). The van der Waals surface area contributed by atoms with Gasteiger partial charge in [-0.2, -0.15) is 0 Å². The summed E-state index contributed by atoms with van der Waals surface area (Å²) in [5.41, 5.74) is 4.17. The normalized spacial score (nSPS) is 13.0. The van der Waals surface area contributed by atoms with E-state index in [1.165, 1.54) is 32.1 Å². The summed E-state index contributed by atoms with van der Waals surface area (Å²) >= 11 is 1.69. The van der Waals surface area contributed by atoms with Crippen molar-refractivity contribution >= 4 is 11.8 Å². The van der Waals surface area contributed by atoms with Crippen molar-refractivity contribution in [1.29, 1.82) is 0 Å². The number of benzene rings is 2. The zero-order valence-corrected chi connectivity index (χ0v) is 31.2. The number of aromatic nitrogens is 3. The summed E-state index contributed by atoms with van der Waals surface area (Å²) in [6.45, 7) is 27.7. The first-order valence-corrected chi connectivity index (χ1v) is 17.8. The molecule has 1 aromatic heterocycles. The Morgan fingerprint density at radius 2 is 0.844 bits per heavy atom. The standard InChI is InChI=1S/C39H59N3O2S/c1-14-15-16-17-18-19-20-45-35-41-33(25-21-27(36(2,3)4)31(43)28(22-25)37(5,6)7)40-34(42-35)26-23-29(38(8,9)10)32(44)30(24-26)39(11,12)13/h21-24,43-44H,14-20H2,1-13H3. The van der Waals surface area contributed by atoms with Crippen molar-refractivity contribution in [2.24, 2.45) is 0 Å². The van der Waals surface area contributed by atoms with E-state index in [0.717, 1.165) is 45.6 Å². The van der Waals surface area contributed by atoms with Crippen LogP contribution in [-0.2, 0) is 21.7 Å². The summed E-state index contributed by atoms with van der Waals surface area (Å²) in [7, 11) is 0. The minimum absolute atomic E-state index is 0.272. The van der Waals surface area contributed by atoms with E-state index in [1.54, 1.807) is 11.8 Å². The molecule has 0 unspecified atom stereocenters. The molecule has 0 fully saturated rings. The van der Waals surface area contributed by atoms with E-state index < -0.39 is 0 Å². The third kappa shape index (κ3) is 9.47. The molecule has 0 aliphatic heterocycles. The van der Waals surface area contributed by atoms with Gasteiger partial charge in [-0.05, 0) is 52.3 Å². The number of unbranched alkanes of at least 4 members (excludes halogenated alkanes) is 5. The van der Waals surface area contributed by atoms with E-state index in [2.05, 4.69) is 90.0 Å². The van der Waals surface area contributed by atoms with E-state index in [0.29, 0.717) is 28.3 Å². The fourth-order valence-electron chi connectivity index (χ4n) is 5.54. The van der Waals surface area contributed by atoms with Crippen molar-refractivity contribution in [1.82, 2.24) is 15.0 Å². The minimum Gasteiger partial charge on any atom is -0.507 e. The highest BCUT2D eigenvalue weighted by Gasteiger charge is 2.29. The molecule has 1 heterocycles. The van der Waals surface area contributed by atoms with Crippen molar-refractivity contribution in [3.8, 4) is 34.3 Å². The van der Waals surface area contributed by atoms with Crippen molar-refractivity contribution in [2.75, 3.05) is 5.75 Å². The summed E-state index contributed by atoms with van der Waals surface area (Å²) in [6, 6.07) is 8.18. The number of rotatable bonds is 10. The number of hydrogen-bond acceptors (Lipinski definition) is 6. The van der Waals surface area contributed by atoms with Crippen LogP contribution in [0, 0.1) is 0 Å². The molecule has 2 aromatic carbocycles. The largest absolute Gasteiger partial charge is 0.507 e. The summed E-state index contributed by atoms with van der Waals surface area (Å²) in [6.07, 6.45) is 7.43. The van der Waals surface area contributed by atoms with Gasteiger partial charge in [0.15, 0.2) is 16.8 Å². The summed E-state index contributed by atoms with van der Waals surface area (Å²) in [5.74, 6) is 2.83. The topological polar surface area (TPSA) is 79.1 Å². The second kappa shape index (κ2) is 14.0. The van der Waals surface area contributed by atoms with Crippen LogP contribution in [0.2, 0.25) is 0 Å². The monoisotopic (exact) mass is 633 g/mol. The number of thioether (sulfide) groups is 1. The maximum absolute atomic E-state index is 11.4. The molecule has 248 valence electrons. The van der Waals surface area contributed by atoms with Gasteiger partial charge in [-0.15, -0.1) is 0 Å². The Bertz CT molecular complexity index is 1300. The van der Waals surface area contributed by atoms with E-state index in [-0.39, 0.29) is 21.7 Å². The van der Waals surface area contributed by atoms with E-state index in [1.807, 2.05) is 24.3 Å². The smallest absolute Gasteiger partial charge is 0.191 e. The molecule has 3 aromatic rings. The van der Waals surface area contributed by atoms with Crippen LogP contribution in [0.5, 0.6) is 11.5 Å². The van der Waals surface area contributed by atoms with Gasteiger partial charge >= 0.3 is 0 Å². The van der Waals surface area contributed by atoms with Crippen molar-refractivity contribution in [3.05, 3.63) is 46.5 Å². The summed E-state index contributed by atoms with van der Waals surface area (Å²) in [4.78, 5) is 15.1. The molecule has 45 heavy (non-hydrogen) atoms. The van der Waals surface area contributed by atoms with Crippen molar-refractivity contribution in [3.63, 3.8) is 0 Å². The Morgan fingerprint density at radius 3 is 1.18 bits per heavy atom. The molecule has 2 N–H and O–H groups in total. The lowest BCUT2D eigenvalue weighted by atomic mass is 9.78. The molecule has 0 amide bonds. The SMILES string of the molecule is CCCCCCCCSc1nc(-c2cc(C(C)(C)C)c(O)c(C(C)(C)C)c2)nc(-c2cc(C(C)(C)C)c(O)c(C(C)(C)C)c2)n1. The number of nitrogens with zero attached hydrogens (tertiary/aromatic N) is 3. The molecule has 0 spiro atoms. The minimum atomic E-state index is -0.272. The molecule has 0 aliphatic rings. The van der Waals surface area contributed by atoms with Gasteiger partial charge in [0.2, 0.25) is 0 Å². The van der Waals surface area contributed by atoms with Crippen LogP contribution in [0.25, 0.3) is 22.8 Å². The Kier molecular flexibility index (Phi) is 11.5. The van der Waals surface area contributed by atoms with Gasteiger partial charge in [0.05, 0.1) is 0 Å². The van der Waals surface area contributed by atoms with Crippen LogP contribution in [0.1, 0.15) is 151 Å². The van der Waals surface area contributed by atoms with Gasteiger partial charge in [0.25, 0.3) is 0 Å². The Labute approximate surface area is 278 Å². The molecule has 0 aliphatic carbocycles. The first-order valence-electron chi connectivity index (χ1n) is 16.8. The lowest BCUT2D eigenvalue weighted by Crippen LogP contribution is -2.18. The van der Waals surface area contributed by atoms with Crippen LogP contribution in [0.4, 0.5) is 0 Å². The summed E-state index contributed by atoms with van der Waals surface area (Å²) < 4.78 is 0. The zero-order valence-electron chi connectivity index (χ0n) is 30.4. The van der Waals surface area contributed by atoms with E-state index in [4.69, 9.17) is 15.0 Å². The molecular weight excluding hydrogens is 575 g/mol. The predicted octanol–water partition coefficient (Wildman–Crippen LogP) is 11.3. The van der Waals surface area contributed by atoms with Gasteiger partial charge in [-0.3, -0.25) is 0 Å². The number of hydrogen-bond donors (Lipinski definition) is 2. The van der Waals surface area contributed by atoms with E-state index in [9.17, 15) is 10.2 Å². The fourth-order valence-corrected chi connectivity index (χ4v) is 6.37. The Morgan fingerprint density at radius 1 is 0.511 bits per heavy atom. The first kappa shape index (κ1) is 36.9. The molecule has 5 nitrogen and oxygen atoms in total. The zero-order chi connectivity index (χ0) is 34.0. The van der Waals surface area contributed by atoms with Crippen LogP contribution >= 0.6 is 11.8 Å². The summed E-state index contributed by atoms with van der Waals surface area (Å²) in [5, 5.41) is 23.5. The maximum Gasteiger partial charge on any atom is 0.191 e. The van der Waals surface area contributed by atoms with Gasteiger partial charge in [-0.1, -0.05) is 134 Å². The molecule has 6 heteroatoms. The number of aromatic hydroxyl groups is 2.